The van der Waals surface area contributed by atoms with E-state index in [9.17, 15) is 0 Å². The normalized spacial score (nSPS) is 18.0. The lowest BCUT2D eigenvalue weighted by Crippen LogP contribution is -2.44. The summed E-state index contributed by atoms with van der Waals surface area (Å²) in [5.41, 5.74) is 0. The zero-order valence-corrected chi connectivity index (χ0v) is 4.99. The fourth-order valence-electron chi connectivity index (χ4n) is 0.353. The van der Waals surface area contributed by atoms with Crippen molar-refractivity contribution in [2.45, 2.75) is 24.8 Å². The molecule has 0 amide bonds. The van der Waals surface area contributed by atoms with Gasteiger partial charge in [-0.05, 0) is 0 Å². The Bertz CT molecular complexity index is 79.7. The van der Waals surface area contributed by atoms with Crippen molar-refractivity contribution in [2.75, 3.05) is 0 Å². The van der Waals surface area contributed by atoms with E-state index in [1.165, 1.54) is 0 Å². The Morgan fingerprint density at radius 3 is 0.800 bits per heavy atom. The Kier molecular flexibility index (Phi) is 3.72. The molecule has 0 fully saturated rings. The van der Waals surface area contributed by atoms with Crippen LogP contribution in [-0.4, -0.2) is 55.4 Å². The van der Waals surface area contributed by atoms with Crippen LogP contribution >= 0.6 is 0 Å². The van der Waals surface area contributed by atoms with Gasteiger partial charge >= 0.3 is 0 Å². The van der Waals surface area contributed by atoms with Gasteiger partial charge in [0.05, 0.1) is 0 Å². The molecular formula is C4H10O6. The number of rotatable bonds is 3. The first-order chi connectivity index (χ1) is 4.46. The molecule has 0 aliphatic heterocycles. The molecule has 6 N–H and O–H groups in total. The van der Waals surface area contributed by atoms with Gasteiger partial charge in [-0.2, -0.15) is 0 Å². The molecule has 0 aromatic carbocycles. The molecule has 2 atom stereocenters. The van der Waals surface area contributed by atoms with E-state index >= 15 is 0 Å². The molecule has 0 aliphatic carbocycles. The van der Waals surface area contributed by atoms with Gasteiger partial charge in [0.15, 0.2) is 12.6 Å². The van der Waals surface area contributed by atoms with Gasteiger partial charge in [0, 0.05) is 0 Å². The highest BCUT2D eigenvalue weighted by molar-refractivity contribution is 4.69. The molecule has 6 nitrogen and oxygen atoms in total. The summed E-state index contributed by atoms with van der Waals surface area (Å²) in [7, 11) is 0. The molecule has 0 spiro atoms. The summed E-state index contributed by atoms with van der Waals surface area (Å²) in [4.78, 5) is 0. The second kappa shape index (κ2) is 3.81. The molecule has 0 saturated heterocycles. The molecule has 6 heteroatoms. The van der Waals surface area contributed by atoms with Crippen LogP contribution in [-0.2, 0) is 0 Å². The van der Waals surface area contributed by atoms with Crippen molar-refractivity contribution in [3.63, 3.8) is 0 Å². The van der Waals surface area contributed by atoms with Gasteiger partial charge in [0.1, 0.15) is 12.2 Å². The largest absolute Gasteiger partial charge is 0.385 e. The van der Waals surface area contributed by atoms with Crippen LogP contribution in [0, 0.1) is 0 Å². The minimum absolute atomic E-state index is 1.97. The smallest absolute Gasteiger partial charge is 0.180 e. The van der Waals surface area contributed by atoms with Crippen molar-refractivity contribution in [3.05, 3.63) is 0 Å². The highest BCUT2D eigenvalue weighted by atomic mass is 16.5. The number of hydrogen-bond acceptors (Lipinski definition) is 6. The van der Waals surface area contributed by atoms with Crippen LogP contribution in [0.2, 0.25) is 0 Å². The molecule has 0 radical (unpaired) electrons. The molecular weight excluding hydrogens is 144 g/mol. The highest BCUT2D eigenvalue weighted by Gasteiger charge is 2.27. The van der Waals surface area contributed by atoms with Gasteiger partial charge in [0.2, 0.25) is 0 Å². The average Bonchev–Trinajstić information content (AvgIpc) is 1.84. The van der Waals surface area contributed by atoms with Gasteiger partial charge < -0.3 is 30.6 Å². The summed E-state index contributed by atoms with van der Waals surface area (Å²) >= 11 is 0. The monoisotopic (exact) mass is 154 g/mol. The van der Waals surface area contributed by atoms with Gasteiger partial charge in [-0.25, -0.2) is 0 Å². The third-order valence-corrected chi connectivity index (χ3v) is 0.961. The van der Waals surface area contributed by atoms with Crippen molar-refractivity contribution >= 4 is 0 Å². The first kappa shape index (κ1) is 9.76. The summed E-state index contributed by atoms with van der Waals surface area (Å²) < 4.78 is 0. The molecule has 0 rings (SSSR count). The Balaban J connectivity index is 3.81. The lowest BCUT2D eigenvalue weighted by atomic mass is 10.2. The molecule has 62 valence electrons. The SMILES string of the molecule is OC(O)[C@H](O)[C@@H](O)C(O)O. The van der Waals surface area contributed by atoms with Crippen LogP contribution in [0.15, 0.2) is 0 Å². The van der Waals surface area contributed by atoms with Crippen LogP contribution in [0.4, 0.5) is 0 Å². The molecule has 0 aliphatic rings. The first-order valence-corrected chi connectivity index (χ1v) is 2.55. The van der Waals surface area contributed by atoms with Crippen molar-refractivity contribution < 1.29 is 30.6 Å². The molecule has 0 unspecified atom stereocenters. The fraction of sp³-hybridized carbons (Fsp3) is 1.00. The molecule has 0 bridgehead atoms. The zero-order chi connectivity index (χ0) is 8.31. The zero-order valence-electron chi connectivity index (χ0n) is 4.99. The van der Waals surface area contributed by atoms with E-state index < -0.39 is 24.8 Å². The molecule has 10 heavy (non-hydrogen) atoms. The van der Waals surface area contributed by atoms with Crippen molar-refractivity contribution in [3.8, 4) is 0 Å². The van der Waals surface area contributed by atoms with Crippen LogP contribution in [0.3, 0.4) is 0 Å². The van der Waals surface area contributed by atoms with E-state index in [1.807, 2.05) is 0 Å². The van der Waals surface area contributed by atoms with Crippen LogP contribution in [0.5, 0.6) is 0 Å². The van der Waals surface area contributed by atoms with Crippen molar-refractivity contribution in [2.24, 2.45) is 0 Å². The quantitative estimate of drug-likeness (QED) is 0.233. The van der Waals surface area contributed by atoms with E-state index in [4.69, 9.17) is 30.6 Å². The van der Waals surface area contributed by atoms with Crippen molar-refractivity contribution in [1.82, 2.24) is 0 Å². The summed E-state index contributed by atoms with van der Waals surface area (Å²) in [6.45, 7) is 0. The maximum Gasteiger partial charge on any atom is 0.180 e. The minimum Gasteiger partial charge on any atom is -0.385 e. The summed E-state index contributed by atoms with van der Waals surface area (Å²) in [5, 5.41) is 49.6. The van der Waals surface area contributed by atoms with Gasteiger partial charge in [-0.3, -0.25) is 0 Å². The molecule has 0 aromatic heterocycles. The van der Waals surface area contributed by atoms with Crippen molar-refractivity contribution in [1.29, 1.82) is 0 Å². The first-order valence-electron chi connectivity index (χ1n) is 2.55. The van der Waals surface area contributed by atoms with E-state index in [-0.39, 0.29) is 0 Å². The standard InChI is InChI=1S/C4H10O6/c5-1(3(7)8)2(6)4(9)10/h1-10H/t1-,2-/m1/s1. The Morgan fingerprint density at radius 2 is 0.700 bits per heavy atom. The minimum atomic E-state index is -2.18. The maximum atomic E-state index is 8.50. The number of aliphatic hydroxyl groups is 6. The number of aliphatic hydroxyl groups excluding tert-OH is 4. The van der Waals surface area contributed by atoms with E-state index in [2.05, 4.69) is 0 Å². The lowest BCUT2D eigenvalue weighted by Gasteiger charge is -2.19. The third-order valence-electron chi connectivity index (χ3n) is 0.961. The Hall–Kier alpha value is -0.240. The second-order valence-corrected chi connectivity index (χ2v) is 1.81. The predicted molar refractivity (Wildman–Crippen MR) is 28.5 cm³/mol. The predicted octanol–water partition coefficient (Wildman–Crippen LogP) is -3.67. The van der Waals surface area contributed by atoms with Crippen LogP contribution < -0.4 is 0 Å². The third kappa shape index (κ3) is 2.56. The second-order valence-electron chi connectivity index (χ2n) is 1.81. The maximum absolute atomic E-state index is 8.50. The van der Waals surface area contributed by atoms with Crippen LogP contribution in [0.25, 0.3) is 0 Å². The van der Waals surface area contributed by atoms with Gasteiger partial charge in [-0.15, -0.1) is 0 Å². The van der Waals surface area contributed by atoms with E-state index in [0.29, 0.717) is 0 Å². The van der Waals surface area contributed by atoms with E-state index in [0.717, 1.165) is 0 Å². The Morgan fingerprint density at radius 1 is 0.500 bits per heavy atom. The summed E-state index contributed by atoms with van der Waals surface area (Å²) in [6.07, 6.45) is -8.31. The molecule has 0 heterocycles. The fourth-order valence-corrected chi connectivity index (χ4v) is 0.353. The summed E-state index contributed by atoms with van der Waals surface area (Å²) in [6, 6.07) is 0. The Labute approximate surface area is 56.6 Å². The van der Waals surface area contributed by atoms with Gasteiger partial charge in [-0.1, -0.05) is 0 Å². The highest BCUT2D eigenvalue weighted by Crippen LogP contribution is 2.00. The van der Waals surface area contributed by atoms with Gasteiger partial charge in [0.25, 0.3) is 0 Å². The summed E-state index contributed by atoms with van der Waals surface area (Å²) in [5.74, 6) is 0. The average molecular weight is 154 g/mol. The molecule has 0 saturated carbocycles. The number of hydrogen-bond donors (Lipinski definition) is 6. The lowest BCUT2D eigenvalue weighted by molar-refractivity contribution is -0.213. The van der Waals surface area contributed by atoms with Crippen LogP contribution in [0.1, 0.15) is 0 Å². The molecule has 0 aromatic rings. The topological polar surface area (TPSA) is 121 Å². The van der Waals surface area contributed by atoms with E-state index in [1.54, 1.807) is 0 Å².